The van der Waals surface area contributed by atoms with Crippen molar-refractivity contribution >= 4 is 22.6 Å². The van der Waals surface area contributed by atoms with Crippen molar-refractivity contribution in [2.75, 3.05) is 0 Å². The highest BCUT2D eigenvalue weighted by Gasteiger charge is 2.13. The van der Waals surface area contributed by atoms with E-state index in [0.717, 1.165) is 16.7 Å². The molecule has 21 heavy (non-hydrogen) atoms. The number of nitrogens with one attached hydrogen (secondary N) is 1. The van der Waals surface area contributed by atoms with Gasteiger partial charge in [-0.2, -0.15) is 0 Å². The van der Waals surface area contributed by atoms with Gasteiger partial charge < -0.3 is 9.73 Å². The predicted molar refractivity (Wildman–Crippen MR) is 82.9 cm³/mol. The molecule has 4 heteroatoms. The first-order valence-electron chi connectivity index (χ1n) is 6.80. The fourth-order valence-electron chi connectivity index (χ4n) is 2.27. The van der Waals surface area contributed by atoms with Crippen LogP contribution in [0.25, 0.3) is 11.0 Å². The van der Waals surface area contributed by atoms with E-state index in [9.17, 15) is 4.39 Å². The Labute approximate surface area is 127 Å². The van der Waals surface area contributed by atoms with Crippen molar-refractivity contribution in [3.8, 4) is 0 Å². The number of rotatable bonds is 4. The topological polar surface area (TPSA) is 25.2 Å². The minimum Gasteiger partial charge on any atom is -0.459 e. The second-order valence-corrected chi connectivity index (χ2v) is 5.40. The fourth-order valence-corrected chi connectivity index (χ4v) is 2.50. The molecule has 1 atom stereocenters. The molecule has 0 aliphatic heterocycles. The number of hydrogen-bond acceptors (Lipinski definition) is 2. The number of fused-ring (bicyclic) bond motifs is 1. The largest absolute Gasteiger partial charge is 0.459 e. The van der Waals surface area contributed by atoms with E-state index >= 15 is 0 Å². The summed E-state index contributed by atoms with van der Waals surface area (Å²) in [6.07, 6.45) is 0. The van der Waals surface area contributed by atoms with E-state index in [0.29, 0.717) is 17.1 Å². The third-order valence-corrected chi connectivity index (χ3v) is 3.87. The minimum absolute atomic E-state index is 0.0342. The molecule has 0 aliphatic rings. The average molecular weight is 304 g/mol. The van der Waals surface area contributed by atoms with Gasteiger partial charge in [0.05, 0.1) is 6.04 Å². The van der Waals surface area contributed by atoms with Gasteiger partial charge in [-0.15, -0.1) is 0 Å². The number of furan rings is 1. The molecule has 1 N–H and O–H groups in total. The second kappa shape index (κ2) is 5.88. The molecule has 2 nitrogen and oxygen atoms in total. The maximum atomic E-state index is 13.7. The van der Waals surface area contributed by atoms with Crippen LogP contribution in [0.3, 0.4) is 0 Å². The molecular weight excluding hydrogens is 289 g/mol. The van der Waals surface area contributed by atoms with Crippen LogP contribution in [-0.4, -0.2) is 0 Å². The van der Waals surface area contributed by atoms with Crippen LogP contribution < -0.4 is 5.32 Å². The van der Waals surface area contributed by atoms with Gasteiger partial charge in [0.1, 0.15) is 17.2 Å². The third kappa shape index (κ3) is 2.94. The smallest absolute Gasteiger partial charge is 0.134 e. The second-order valence-electron chi connectivity index (χ2n) is 4.99. The fraction of sp³-hybridized carbons (Fsp3) is 0.176. The molecule has 0 radical (unpaired) electrons. The number of para-hydroxylation sites is 1. The lowest BCUT2D eigenvalue weighted by atomic mass is 10.1. The summed E-state index contributed by atoms with van der Waals surface area (Å²) < 4.78 is 19.5. The Morgan fingerprint density at radius 2 is 2.00 bits per heavy atom. The highest BCUT2D eigenvalue weighted by atomic mass is 35.5. The van der Waals surface area contributed by atoms with Gasteiger partial charge in [-0.05, 0) is 31.2 Å². The van der Waals surface area contributed by atoms with E-state index in [4.69, 9.17) is 16.0 Å². The highest BCUT2D eigenvalue weighted by Crippen LogP contribution is 2.25. The molecule has 0 saturated heterocycles. The van der Waals surface area contributed by atoms with E-state index in [1.54, 1.807) is 12.1 Å². The monoisotopic (exact) mass is 303 g/mol. The maximum Gasteiger partial charge on any atom is 0.134 e. The van der Waals surface area contributed by atoms with Crippen molar-refractivity contribution in [2.45, 2.75) is 19.5 Å². The van der Waals surface area contributed by atoms with Gasteiger partial charge in [0.25, 0.3) is 0 Å². The van der Waals surface area contributed by atoms with Gasteiger partial charge in [0.2, 0.25) is 0 Å². The molecule has 0 spiro atoms. The summed E-state index contributed by atoms with van der Waals surface area (Å²) in [5, 5.41) is 4.73. The Bertz CT molecular complexity index is 715. The van der Waals surface area contributed by atoms with Crippen LogP contribution in [0.5, 0.6) is 0 Å². The molecule has 1 unspecified atom stereocenters. The van der Waals surface area contributed by atoms with Crippen molar-refractivity contribution < 1.29 is 8.81 Å². The zero-order valence-electron chi connectivity index (χ0n) is 11.6. The van der Waals surface area contributed by atoms with E-state index in [1.165, 1.54) is 6.07 Å². The number of hydrogen-bond donors (Lipinski definition) is 1. The molecule has 0 saturated carbocycles. The van der Waals surface area contributed by atoms with Gasteiger partial charge >= 0.3 is 0 Å². The number of halogens is 2. The third-order valence-electron chi connectivity index (χ3n) is 3.52. The van der Waals surface area contributed by atoms with E-state index in [1.807, 2.05) is 37.3 Å². The van der Waals surface area contributed by atoms with Crippen molar-refractivity contribution in [1.82, 2.24) is 5.32 Å². The van der Waals surface area contributed by atoms with Crippen molar-refractivity contribution in [1.29, 1.82) is 0 Å². The quantitative estimate of drug-likeness (QED) is 0.727. The Balaban J connectivity index is 1.75. The minimum atomic E-state index is -0.299. The SMILES string of the molecule is CC(NCc1c(F)cccc1Cl)c1cc2ccccc2o1. The normalized spacial score (nSPS) is 12.7. The lowest BCUT2D eigenvalue weighted by Gasteiger charge is -2.12. The van der Waals surface area contributed by atoms with Crippen LogP contribution in [0.15, 0.2) is 52.9 Å². The van der Waals surface area contributed by atoms with Crippen LogP contribution in [0.2, 0.25) is 5.02 Å². The Hall–Kier alpha value is -1.84. The van der Waals surface area contributed by atoms with E-state index in [-0.39, 0.29) is 11.9 Å². The van der Waals surface area contributed by atoms with Crippen molar-refractivity contribution in [2.24, 2.45) is 0 Å². The molecule has 3 rings (SSSR count). The van der Waals surface area contributed by atoms with Gasteiger partial charge in [-0.25, -0.2) is 4.39 Å². The van der Waals surface area contributed by atoms with Crippen LogP contribution in [-0.2, 0) is 6.54 Å². The van der Waals surface area contributed by atoms with E-state index in [2.05, 4.69) is 5.32 Å². The molecular formula is C17H15ClFNO. The first-order chi connectivity index (χ1) is 10.1. The summed E-state index contributed by atoms with van der Waals surface area (Å²) in [5.74, 6) is 0.524. The summed E-state index contributed by atoms with van der Waals surface area (Å²) in [5.41, 5.74) is 1.33. The van der Waals surface area contributed by atoms with Crippen LogP contribution in [0.1, 0.15) is 24.3 Å². The molecule has 0 amide bonds. The summed E-state index contributed by atoms with van der Waals surface area (Å²) >= 11 is 6.02. The van der Waals surface area contributed by atoms with Gasteiger partial charge in [-0.1, -0.05) is 35.9 Å². The van der Waals surface area contributed by atoms with Gasteiger partial charge in [0.15, 0.2) is 0 Å². The zero-order valence-corrected chi connectivity index (χ0v) is 12.3. The lowest BCUT2D eigenvalue weighted by molar-refractivity contribution is 0.446. The maximum absolute atomic E-state index is 13.7. The zero-order chi connectivity index (χ0) is 14.8. The molecule has 0 aliphatic carbocycles. The standard InChI is InChI=1S/C17H15ClFNO/c1-11(17-9-12-5-2-3-8-16(12)21-17)20-10-13-14(18)6-4-7-15(13)19/h2-9,11,20H,10H2,1H3. The van der Waals surface area contributed by atoms with Gasteiger partial charge in [0, 0.05) is 22.5 Å². The molecule has 0 fully saturated rings. The average Bonchev–Trinajstić information content (AvgIpc) is 2.90. The first kappa shape index (κ1) is 14.1. The lowest BCUT2D eigenvalue weighted by Crippen LogP contribution is -2.18. The molecule has 0 bridgehead atoms. The molecule has 1 heterocycles. The molecule has 2 aromatic carbocycles. The summed E-state index contributed by atoms with van der Waals surface area (Å²) in [6, 6.07) is 14.5. The summed E-state index contributed by atoms with van der Waals surface area (Å²) in [6.45, 7) is 2.33. The molecule has 108 valence electrons. The Morgan fingerprint density at radius 3 is 2.76 bits per heavy atom. The van der Waals surface area contributed by atoms with Crippen LogP contribution in [0, 0.1) is 5.82 Å². The van der Waals surface area contributed by atoms with E-state index < -0.39 is 0 Å². The predicted octanol–water partition coefficient (Wildman–Crippen LogP) is 5.08. The van der Waals surface area contributed by atoms with Crippen LogP contribution in [0.4, 0.5) is 4.39 Å². The van der Waals surface area contributed by atoms with Crippen molar-refractivity contribution in [3.05, 3.63) is 70.7 Å². The van der Waals surface area contributed by atoms with Crippen molar-refractivity contribution in [3.63, 3.8) is 0 Å². The van der Waals surface area contributed by atoms with Crippen LogP contribution >= 0.6 is 11.6 Å². The first-order valence-corrected chi connectivity index (χ1v) is 7.17. The Morgan fingerprint density at radius 1 is 1.19 bits per heavy atom. The Kier molecular flexibility index (Phi) is 3.95. The molecule has 1 aromatic heterocycles. The number of benzene rings is 2. The summed E-state index contributed by atoms with van der Waals surface area (Å²) in [4.78, 5) is 0. The van der Waals surface area contributed by atoms with Gasteiger partial charge in [-0.3, -0.25) is 0 Å². The molecule has 3 aromatic rings. The highest BCUT2D eigenvalue weighted by molar-refractivity contribution is 6.31. The summed E-state index contributed by atoms with van der Waals surface area (Å²) in [7, 11) is 0.